The van der Waals surface area contributed by atoms with Gasteiger partial charge in [-0.1, -0.05) is 24.3 Å². The van der Waals surface area contributed by atoms with Crippen molar-refractivity contribution in [2.45, 2.75) is 18.9 Å². The van der Waals surface area contributed by atoms with Crippen LogP contribution in [0.5, 0.6) is 0 Å². The summed E-state index contributed by atoms with van der Waals surface area (Å²) in [6.45, 7) is 1.52. The van der Waals surface area contributed by atoms with Crippen molar-refractivity contribution in [1.29, 1.82) is 0 Å². The number of benzene rings is 2. The second kappa shape index (κ2) is 8.40. The van der Waals surface area contributed by atoms with Gasteiger partial charge in [-0.05, 0) is 36.6 Å². The van der Waals surface area contributed by atoms with Crippen molar-refractivity contribution in [3.05, 3.63) is 75.5 Å². The summed E-state index contributed by atoms with van der Waals surface area (Å²) in [5.74, 6) is -0.911. The second-order valence-corrected chi connectivity index (χ2v) is 8.52. The molecule has 3 aromatic rings. The Morgan fingerprint density at radius 1 is 1.03 bits per heavy atom. The monoisotopic (exact) mass is 450 g/mol. The predicted octanol–water partition coefficient (Wildman–Crippen LogP) is 1.84. The van der Waals surface area contributed by atoms with Gasteiger partial charge < -0.3 is 14.9 Å². The van der Waals surface area contributed by atoms with Gasteiger partial charge in [0.1, 0.15) is 17.6 Å². The molecule has 1 atom stereocenters. The molecule has 1 aromatic heterocycles. The summed E-state index contributed by atoms with van der Waals surface area (Å²) < 4.78 is 14.6. The van der Waals surface area contributed by atoms with Gasteiger partial charge in [0, 0.05) is 37.5 Å². The van der Waals surface area contributed by atoms with Crippen LogP contribution >= 0.6 is 0 Å². The maximum Gasteiger partial charge on any atom is 0.272 e. The highest BCUT2D eigenvalue weighted by Gasteiger charge is 2.35. The number of aliphatic hydroxyl groups is 1. The number of piperazine rings is 1. The lowest BCUT2D eigenvalue weighted by Gasteiger charge is -2.35. The van der Waals surface area contributed by atoms with E-state index in [-0.39, 0.29) is 34.2 Å². The van der Waals surface area contributed by atoms with Crippen LogP contribution in [0.2, 0.25) is 0 Å². The fourth-order valence-electron chi connectivity index (χ4n) is 4.27. The zero-order valence-corrected chi connectivity index (χ0v) is 17.8. The van der Waals surface area contributed by atoms with E-state index in [0.717, 1.165) is 18.9 Å². The number of hydrogen-bond acceptors (Lipinski definition) is 5. The van der Waals surface area contributed by atoms with Gasteiger partial charge in [-0.2, -0.15) is 5.10 Å². The maximum absolute atomic E-state index is 14.6. The average Bonchev–Trinajstić information content (AvgIpc) is 3.69. The van der Waals surface area contributed by atoms with Crippen molar-refractivity contribution < 1.29 is 19.1 Å². The minimum absolute atomic E-state index is 0.125. The van der Waals surface area contributed by atoms with Gasteiger partial charge in [0.15, 0.2) is 0 Å². The molecule has 1 aliphatic carbocycles. The highest BCUT2D eigenvalue weighted by Crippen LogP contribution is 2.31. The summed E-state index contributed by atoms with van der Waals surface area (Å²) >= 11 is 0. The van der Waals surface area contributed by atoms with Crippen LogP contribution in [0.3, 0.4) is 0 Å². The molecule has 8 nitrogen and oxygen atoms in total. The van der Waals surface area contributed by atoms with Crippen molar-refractivity contribution in [3.63, 3.8) is 0 Å². The second-order valence-electron chi connectivity index (χ2n) is 8.52. The van der Waals surface area contributed by atoms with Crippen LogP contribution in [0.4, 0.5) is 4.39 Å². The number of fused-ring (bicyclic) bond motifs is 1. The van der Waals surface area contributed by atoms with Crippen LogP contribution < -0.4 is 5.56 Å². The molecule has 1 aliphatic heterocycles. The molecule has 0 bridgehead atoms. The summed E-state index contributed by atoms with van der Waals surface area (Å²) in [6.07, 6.45) is 0.585. The van der Waals surface area contributed by atoms with E-state index >= 15 is 0 Å². The van der Waals surface area contributed by atoms with E-state index < -0.39 is 17.8 Å². The standard InChI is InChI=1S/C24H23FN4O4/c25-19-8-7-15(21(30)20-16-3-1-2-4-17(16)22(31)27-26-20)13-18(19)24(33)29-11-9-28(10-12-29)23(32)14-5-6-14/h1-4,7-8,13-14,21,30H,5-6,9-12H2,(H,27,31). The SMILES string of the molecule is O=C(c1cc(C(O)c2n[nH]c(=O)c3ccccc23)ccc1F)N1CCN(C(=O)C2CC2)CC1. The normalized spacial score (nSPS) is 17.3. The number of rotatable bonds is 4. The molecular weight excluding hydrogens is 427 g/mol. The van der Waals surface area contributed by atoms with Crippen LogP contribution in [0.1, 0.15) is 40.6 Å². The molecule has 33 heavy (non-hydrogen) atoms. The lowest BCUT2D eigenvalue weighted by Crippen LogP contribution is -2.51. The summed E-state index contributed by atoms with van der Waals surface area (Å²) in [4.78, 5) is 40.6. The van der Waals surface area contributed by atoms with E-state index in [1.807, 2.05) is 0 Å². The van der Waals surface area contributed by atoms with Crippen molar-refractivity contribution in [2.24, 2.45) is 5.92 Å². The van der Waals surface area contributed by atoms with Crippen molar-refractivity contribution in [3.8, 4) is 0 Å². The number of carbonyl (C=O) groups is 2. The molecule has 0 spiro atoms. The number of hydrogen-bond donors (Lipinski definition) is 2. The summed E-state index contributed by atoms with van der Waals surface area (Å²) in [6, 6.07) is 10.6. The third kappa shape index (κ3) is 4.00. The van der Waals surface area contributed by atoms with E-state index in [1.165, 1.54) is 17.0 Å². The van der Waals surface area contributed by atoms with Gasteiger partial charge in [-0.15, -0.1) is 0 Å². The number of aromatic amines is 1. The largest absolute Gasteiger partial charge is 0.382 e. The minimum Gasteiger partial charge on any atom is -0.382 e. The predicted molar refractivity (Wildman–Crippen MR) is 118 cm³/mol. The first-order chi connectivity index (χ1) is 15.9. The highest BCUT2D eigenvalue weighted by atomic mass is 19.1. The molecule has 2 heterocycles. The Bertz CT molecular complexity index is 1300. The van der Waals surface area contributed by atoms with Crippen LogP contribution in [-0.4, -0.2) is 63.1 Å². The summed E-state index contributed by atoms with van der Waals surface area (Å²) in [5.41, 5.74) is -0.0347. The molecule has 1 saturated carbocycles. The number of aliphatic hydroxyl groups excluding tert-OH is 1. The third-order valence-corrected chi connectivity index (χ3v) is 6.33. The molecule has 2 fully saturated rings. The third-order valence-electron chi connectivity index (χ3n) is 6.33. The lowest BCUT2D eigenvalue weighted by atomic mass is 9.99. The van der Waals surface area contributed by atoms with Crippen LogP contribution in [-0.2, 0) is 4.79 Å². The van der Waals surface area contributed by atoms with E-state index in [0.29, 0.717) is 37.0 Å². The molecule has 2 amide bonds. The van der Waals surface area contributed by atoms with Gasteiger partial charge in [-0.3, -0.25) is 14.4 Å². The summed E-state index contributed by atoms with van der Waals surface area (Å²) in [7, 11) is 0. The topological polar surface area (TPSA) is 107 Å². The van der Waals surface area contributed by atoms with Gasteiger partial charge in [0.2, 0.25) is 5.91 Å². The van der Waals surface area contributed by atoms with E-state index in [9.17, 15) is 23.9 Å². The average molecular weight is 450 g/mol. The molecule has 170 valence electrons. The number of nitrogens with zero attached hydrogens (tertiary/aromatic N) is 3. The van der Waals surface area contributed by atoms with Crippen LogP contribution in [0.25, 0.3) is 10.8 Å². The lowest BCUT2D eigenvalue weighted by molar-refractivity contribution is -0.134. The number of aromatic nitrogens is 2. The molecular formula is C24H23FN4O4. The zero-order chi connectivity index (χ0) is 23.1. The molecule has 1 unspecified atom stereocenters. The first-order valence-corrected chi connectivity index (χ1v) is 11.0. The molecule has 5 rings (SSSR count). The Morgan fingerprint density at radius 2 is 1.70 bits per heavy atom. The van der Waals surface area contributed by atoms with Crippen molar-refractivity contribution >= 4 is 22.6 Å². The molecule has 0 radical (unpaired) electrons. The molecule has 9 heteroatoms. The van der Waals surface area contributed by atoms with Crippen molar-refractivity contribution in [1.82, 2.24) is 20.0 Å². The zero-order valence-electron chi connectivity index (χ0n) is 17.8. The van der Waals surface area contributed by atoms with Crippen LogP contribution in [0.15, 0.2) is 47.3 Å². The first-order valence-electron chi connectivity index (χ1n) is 11.0. The number of amides is 2. The summed E-state index contributed by atoms with van der Waals surface area (Å²) in [5, 5.41) is 18.2. The Morgan fingerprint density at radius 3 is 2.39 bits per heavy atom. The fraction of sp³-hybridized carbons (Fsp3) is 0.333. The Hall–Kier alpha value is -3.59. The number of nitrogens with one attached hydrogen (secondary N) is 1. The molecule has 2 N–H and O–H groups in total. The molecule has 1 saturated heterocycles. The highest BCUT2D eigenvalue weighted by molar-refractivity contribution is 5.95. The molecule has 2 aliphatic rings. The van der Waals surface area contributed by atoms with E-state index in [1.54, 1.807) is 29.2 Å². The van der Waals surface area contributed by atoms with E-state index in [2.05, 4.69) is 10.2 Å². The van der Waals surface area contributed by atoms with Gasteiger partial charge >= 0.3 is 0 Å². The fourth-order valence-corrected chi connectivity index (χ4v) is 4.27. The Balaban J connectivity index is 1.38. The van der Waals surface area contributed by atoms with Crippen molar-refractivity contribution in [2.75, 3.05) is 26.2 Å². The number of halogens is 1. The number of H-pyrrole nitrogens is 1. The van der Waals surface area contributed by atoms with Crippen LogP contribution in [0, 0.1) is 11.7 Å². The van der Waals surface area contributed by atoms with Gasteiger partial charge in [0.25, 0.3) is 11.5 Å². The maximum atomic E-state index is 14.6. The minimum atomic E-state index is -1.27. The van der Waals surface area contributed by atoms with Gasteiger partial charge in [-0.25, -0.2) is 9.49 Å². The van der Waals surface area contributed by atoms with E-state index in [4.69, 9.17) is 0 Å². The number of carbonyl (C=O) groups excluding carboxylic acids is 2. The first kappa shape index (κ1) is 21.3. The quantitative estimate of drug-likeness (QED) is 0.631. The van der Waals surface area contributed by atoms with Gasteiger partial charge in [0.05, 0.1) is 10.9 Å². The molecule has 2 aromatic carbocycles. The Labute approximate surface area is 188 Å². The Kier molecular flexibility index (Phi) is 5.41. The smallest absolute Gasteiger partial charge is 0.272 e.